The Morgan fingerprint density at radius 3 is 2.25 bits per heavy atom. The first-order valence-corrected chi connectivity index (χ1v) is 12.5. The lowest BCUT2D eigenvalue weighted by molar-refractivity contribution is -0.139. The minimum atomic E-state index is -3.73. The summed E-state index contributed by atoms with van der Waals surface area (Å²) in [5, 5.41) is 2.62. The van der Waals surface area contributed by atoms with Gasteiger partial charge in [-0.05, 0) is 49.4 Å². The van der Waals surface area contributed by atoms with Crippen molar-refractivity contribution in [2.45, 2.75) is 39.7 Å². The summed E-state index contributed by atoms with van der Waals surface area (Å²) in [6.45, 7) is 5.50. The van der Waals surface area contributed by atoms with Gasteiger partial charge in [-0.3, -0.25) is 13.9 Å². The fourth-order valence-corrected chi connectivity index (χ4v) is 4.56. The van der Waals surface area contributed by atoms with E-state index < -0.39 is 22.0 Å². The van der Waals surface area contributed by atoms with Gasteiger partial charge in [0, 0.05) is 13.6 Å². The highest BCUT2D eigenvalue weighted by atomic mass is 32.2. The van der Waals surface area contributed by atoms with Gasteiger partial charge in [-0.25, -0.2) is 8.42 Å². The molecule has 0 fully saturated rings. The maximum absolute atomic E-state index is 13.5. The maximum atomic E-state index is 13.5. The number of hydrogen-bond donors (Lipinski definition) is 1. The van der Waals surface area contributed by atoms with E-state index in [1.54, 1.807) is 12.1 Å². The van der Waals surface area contributed by atoms with Crippen LogP contribution in [0.15, 0.2) is 48.5 Å². The molecule has 0 heterocycles. The van der Waals surface area contributed by atoms with Crippen LogP contribution in [0.4, 0.5) is 5.69 Å². The third kappa shape index (κ3) is 6.32. The number of likely N-dealkylation sites (N-methyl/N-ethyl adjacent to an activating group) is 1. The topological polar surface area (TPSA) is 86.8 Å². The molecule has 0 spiro atoms. The fourth-order valence-electron chi connectivity index (χ4n) is 3.66. The summed E-state index contributed by atoms with van der Waals surface area (Å²) in [4.78, 5) is 27.5. The normalized spacial score (nSPS) is 12.2. The summed E-state index contributed by atoms with van der Waals surface area (Å²) in [5.41, 5.74) is 3.23. The number of hydrogen-bond acceptors (Lipinski definition) is 4. The number of carbonyl (C=O) groups excluding carboxylic acids is 2. The van der Waals surface area contributed by atoms with Crippen LogP contribution in [0.2, 0.25) is 0 Å². The Labute approximate surface area is 191 Å². The highest BCUT2D eigenvalue weighted by Gasteiger charge is 2.31. The van der Waals surface area contributed by atoms with Crippen molar-refractivity contribution >= 4 is 27.5 Å². The van der Waals surface area contributed by atoms with Gasteiger partial charge in [0.2, 0.25) is 21.8 Å². The first kappa shape index (κ1) is 25.4. The minimum absolute atomic E-state index is 0.272. The zero-order valence-corrected chi connectivity index (χ0v) is 20.3. The van der Waals surface area contributed by atoms with Gasteiger partial charge in [0.05, 0.1) is 11.9 Å². The van der Waals surface area contributed by atoms with Crippen molar-refractivity contribution in [2.24, 2.45) is 0 Å². The van der Waals surface area contributed by atoms with Crippen LogP contribution in [-0.4, -0.2) is 57.6 Å². The van der Waals surface area contributed by atoms with Gasteiger partial charge in [-0.1, -0.05) is 49.4 Å². The Hall–Kier alpha value is -2.87. The third-order valence-electron chi connectivity index (χ3n) is 5.64. The maximum Gasteiger partial charge on any atom is 0.244 e. The number of rotatable bonds is 10. The molecule has 0 radical (unpaired) electrons. The van der Waals surface area contributed by atoms with Gasteiger partial charge in [0.15, 0.2) is 0 Å². The summed E-state index contributed by atoms with van der Waals surface area (Å²) in [5.74, 6) is -0.686. The molecular formula is C24H33N3O4S. The van der Waals surface area contributed by atoms with E-state index in [4.69, 9.17) is 0 Å². The number of aryl methyl sites for hydroxylation is 1. The first-order chi connectivity index (χ1) is 15.1. The minimum Gasteiger partial charge on any atom is -0.357 e. The standard InChI is InChI=1S/C24H33N3O4S/c1-6-21(24(29)25-4)26(16-15-20-12-8-7-9-13-20)23(28)17-27(32(5,30)31)22-14-10-11-18(2)19(22)3/h7-14,21H,6,15-17H2,1-5H3,(H,25,29)/t21-/m1/s1. The Balaban J connectivity index is 2.38. The van der Waals surface area contributed by atoms with Gasteiger partial charge in [0.1, 0.15) is 12.6 Å². The molecule has 0 aromatic heterocycles. The van der Waals surface area contributed by atoms with E-state index in [9.17, 15) is 18.0 Å². The van der Waals surface area contributed by atoms with Crippen LogP contribution in [0.25, 0.3) is 0 Å². The Morgan fingerprint density at radius 1 is 1.03 bits per heavy atom. The molecule has 1 atom stereocenters. The molecule has 32 heavy (non-hydrogen) atoms. The Morgan fingerprint density at radius 2 is 1.69 bits per heavy atom. The van der Waals surface area contributed by atoms with Crippen molar-refractivity contribution in [3.63, 3.8) is 0 Å². The number of anilines is 1. The lowest BCUT2D eigenvalue weighted by Crippen LogP contribution is -2.52. The lowest BCUT2D eigenvalue weighted by Gasteiger charge is -2.33. The van der Waals surface area contributed by atoms with Crippen molar-refractivity contribution in [3.8, 4) is 0 Å². The predicted octanol–water partition coefficient (Wildman–Crippen LogP) is 2.67. The van der Waals surface area contributed by atoms with Crippen LogP contribution in [0.1, 0.15) is 30.0 Å². The van der Waals surface area contributed by atoms with Gasteiger partial charge in [-0.2, -0.15) is 0 Å². The van der Waals surface area contributed by atoms with Crippen LogP contribution in [-0.2, 0) is 26.0 Å². The predicted molar refractivity (Wildman–Crippen MR) is 128 cm³/mol. The number of nitrogens with one attached hydrogen (secondary N) is 1. The van der Waals surface area contributed by atoms with Crippen LogP contribution in [0, 0.1) is 13.8 Å². The smallest absolute Gasteiger partial charge is 0.244 e. The highest BCUT2D eigenvalue weighted by Crippen LogP contribution is 2.25. The molecular weight excluding hydrogens is 426 g/mol. The number of sulfonamides is 1. The monoisotopic (exact) mass is 459 g/mol. The van der Waals surface area contributed by atoms with Gasteiger partial charge in [-0.15, -0.1) is 0 Å². The largest absolute Gasteiger partial charge is 0.357 e. The van der Waals surface area contributed by atoms with Gasteiger partial charge in [0.25, 0.3) is 0 Å². The molecule has 2 rings (SSSR count). The summed E-state index contributed by atoms with van der Waals surface area (Å²) < 4.78 is 26.4. The molecule has 0 saturated heterocycles. The summed E-state index contributed by atoms with van der Waals surface area (Å²) in [6, 6.07) is 14.4. The molecule has 0 bridgehead atoms. The van der Waals surface area contributed by atoms with E-state index in [-0.39, 0.29) is 12.5 Å². The number of carbonyl (C=O) groups is 2. The number of amides is 2. The zero-order chi connectivity index (χ0) is 23.9. The van der Waals surface area contributed by atoms with Gasteiger partial charge < -0.3 is 10.2 Å². The molecule has 1 N–H and O–H groups in total. The zero-order valence-electron chi connectivity index (χ0n) is 19.5. The number of benzene rings is 2. The van der Waals surface area contributed by atoms with Crippen molar-refractivity contribution in [3.05, 3.63) is 65.2 Å². The van der Waals surface area contributed by atoms with Crippen LogP contribution >= 0.6 is 0 Å². The van der Waals surface area contributed by atoms with Crippen molar-refractivity contribution < 1.29 is 18.0 Å². The second-order valence-corrected chi connectivity index (χ2v) is 9.76. The van der Waals surface area contributed by atoms with Crippen LogP contribution in [0.3, 0.4) is 0 Å². The molecule has 0 saturated carbocycles. The number of nitrogens with zero attached hydrogens (tertiary/aromatic N) is 2. The molecule has 0 aliphatic rings. The van der Waals surface area contributed by atoms with Crippen LogP contribution < -0.4 is 9.62 Å². The van der Waals surface area contributed by atoms with E-state index in [1.165, 1.54) is 11.9 Å². The quantitative estimate of drug-likeness (QED) is 0.592. The summed E-state index contributed by atoms with van der Waals surface area (Å²) >= 11 is 0. The average molecular weight is 460 g/mol. The molecule has 0 aliphatic heterocycles. The molecule has 2 aromatic carbocycles. The van der Waals surface area contributed by atoms with E-state index >= 15 is 0 Å². The average Bonchev–Trinajstić information content (AvgIpc) is 2.76. The molecule has 0 aliphatic carbocycles. The highest BCUT2D eigenvalue weighted by molar-refractivity contribution is 7.92. The molecule has 2 aromatic rings. The Kier molecular flexibility index (Phi) is 8.83. The lowest BCUT2D eigenvalue weighted by atomic mass is 10.1. The van der Waals surface area contributed by atoms with Crippen LogP contribution in [0.5, 0.6) is 0 Å². The van der Waals surface area contributed by atoms with Gasteiger partial charge >= 0.3 is 0 Å². The molecule has 8 heteroatoms. The molecule has 174 valence electrons. The van der Waals surface area contributed by atoms with E-state index in [2.05, 4.69) is 5.32 Å². The molecule has 2 amide bonds. The van der Waals surface area contributed by atoms with Crippen molar-refractivity contribution in [1.82, 2.24) is 10.2 Å². The van der Waals surface area contributed by atoms with Crippen molar-refractivity contribution in [1.29, 1.82) is 0 Å². The molecule has 0 unspecified atom stereocenters. The second-order valence-electron chi connectivity index (χ2n) is 7.85. The Bertz CT molecular complexity index is 1040. The van der Waals surface area contributed by atoms with E-state index in [0.717, 1.165) is 27.3 Å². The first-order valence-electron chi connectivity index (χ1n) is 10.7. The molecule has 7 nitrogen and oxygen atoms in total. The second kappa shape index (κ2) is 11.1. The fraction of sp³-hybridized carbons (Fsp3) is 0.417. The van der Waals surface area contributed by atoms with E-state index in [0.29, 0.717) is 25.1 Å². The summed E-state index contributed by atoms with van der Waals surface area (Å²) in [7, 11) is -2.19. The SMILES string of the molecule is CC[C@H](C(=O)NC)N(CCc1ccccc1)C(=O)CN(c1cccc(C)c1C)S(C)(=O)=O. The van der Waals surface area contributed by atoms with E-state index in [1.807, 2.05) is 57.2 Å². The van der Waals surface area contributed by atoms with Crippen molar-refractivity contribution in [2.75, 3.05) is 30.7 Å². The third-order valence-corrected chi connectivity index (χ3v) is 6.77. The summed E-state index contributed by atoms with van der Waals surface area (Å²) in [6.07, 6.45) is 2.07.